The van der Waals surface area contributed by atoms with E-state index >= 15 is 0 Å². The average molecular weight is 226 g/mol. The Morgan fingerprint density at radius 1 is 0.938 bits per heavy atom. The highest BCUT2D eigenvalue weighted by atomic mass is 16.6. The lowest BCUT2D eigenvalue weighted by molar-refractivity contribution is 0.306. The molecule has 0 aromatic carbocycles. The number of anilines is 2. The molecule has 0 unspecified atom stereocenters. The standard InChI is InChI=1S/C9H18N6O/c1-5(2)11-7-13-8(12-6(3)4)15-9(14-7)16-10/h5-6H,10H2,1-4H3,(H2,11,12,13,14,15). The molecule has 0 saturated carbocycles. The SMILES string of the molecule is CC(C)Nc1nc(NC(C)C)nc(ON)n1. The second-order valence-corrected chi connectivity index (χ2v) is 3.98. The molecule has 1 aromatic heterocycles. The Hall–Kier alpha value is -1.63. The van der Waals surface area contributed by atoms with E-state index in [0.717, 1.165) is 0 Å². The van der Waals surface area contributed by atoms with Crippen LogP contribution in [0.3, 0.4) is 0 Å². The zero-order valence-electron chi connectivity index (χ0n) is 9.98. The van der Waals surface area contributed by atoms with Gasteiger partial charge < -0.3 is 15.5 Å². The van der Waals surface area contributed by atoms with Gasteiger partial charge in [0.2, 0.25) is 11.9 Å². The molecule has 90 valence electrons. The van der Waals surface area contributed by atoms with Crippen molar-refractivity contribution in [2.45, 2.75) is 39.8 Å². The fraction of sp³-hybridized carbons (Fsp3) is 0.667. The predicted octanol–water partition coefficient (Wildman–Crippen LogP) is 0.765. The Kier molecular flexibility index (Phi) is 4.24. The van der Waals surface area contributed by atoms with Crippen LogP contribution in [0.4, 0.5) is 11.9 Å². The predicted molar refractivity (Wildman–Crippen MR) is 62.2 cm³/mol. The van der Waals surface area contributed by atoms with Gasteiger partial charge in [-0.3, -0.25) is 0 Å². The molecule has 1 rings (SSSR count). The molecule has 0 fully saturated rings. The van der Waals surface area contributed by atoms with Crippen molar-refractivity contribution in [1.82, 2.24) is 15.0 Å². The molecule has 0 aliphatic carbocycles. The van der Waals surface area contributed by atoms with E-state index in [9.17, 15) is 0 Å². The topological polar surface area (TPSA) is 98.0 Å². The maximum atomic E-state index is 5.04. The molecule has 16 heavy (non-hydrogen) atoms. The Morgan fingerprint density at radius 3 is 1.69 bits per heavy atom. The third kappa shape index (κ3) is 3.85. The largest absolute Gasteiger partial charge is 0.371 e. The first-order valence-corrected chi connectivity index (χ1v) is 5.17. The summed E-state index contributed by atoms with van der Waals surface area (Å²) in [7, 11) is 0. The molecule has 0 saturated heterocycles. The summed E-state index contributed by atoms with van der Waals surface area (Å²) in [6.45, 7) is 7.95. The highest BCUT2D eigenvalue weighted by Gasteiger charge is 2.08. The molecule has 1 heterocycles. The van der Waals surface area contributed by atoms with E-state index in [1.165, 1.54) is 0 Å². The summed E-state index contributed by atoms with van der Waals surface area (Å²) in [4.78, 5) is 16.7. The van der Waals surface area contributed by atoms with E-state index < -0.39 is 0 Å². The van der Waals surface area contributed by atoms with Crippen LogP contribution in [0.2, 0.25) is 0 Å². The van der Waals surface area contributed by atoms with Crippen molar-refractivity contribution in [3.63, 3.8) is 0 Å². The summed E-state index contributed by atoms with van der Waals surface area (Å²) in [6.07, 6.45) is 0. The fourth-order valence-corrected chi connectivity index (χ4v) is 1.05. The lowest BCUT2D eigenvalue weighted by Crippen LogP contribution is -2.18. The van der Waals surface area contributed by atoms with Crippen molar-refractivity contribution in [3.8, 4) is 6.01 Å². The van der Waals surface area contributed by atoms with Crippen molar-refractivity contribution in [3.05, 3.63) is 0 Å². The van der Waals surface area contributed by atoms with Gasteiger partial charge in [0.1, 0.15) is 0 Å². The Morgan fingerprint density at radius 2 is 1.38 bits per heavy atom. The normalized spacial score (nSPS) is 10.7. The van der Waals surface area contributed by atoms with Crippen LogP contribution in [0.5, 0.6) is 6.01 Å². The number of nitrogens with two attached hydrogens (primary N) is 1. The van der Waals surface area contributed by atoms with E-state index in [1.54, 1.807) is 0 Å². The Balaban J connectivity index is 2.91. The molecular weight excluding hydrogens is 208 g/mol. The van der Waals surface area contributed by atoms with Crippen LogP contribution in [0.1, 0.15) is 27.7 Å². The van der Waals surface area contributed by atoms with Crippen LogP contribution in [0.25, 0.3) is 0 Å². The zero-order valence-corrected chi connectivity index (χ0v) is 9.98. The van der Waals surface area contributed by atoms with Gasteiger partial charge in [-0.15, -0.1) is 0 Å². The first-order valence-electron chi connectivity index (χ1n) is 5.17. The molecule has 1 aromatic rings. The summed E-state index contributed by atoms with van der Waals surface area (Å²) in [5.74, 6) is 5.92. The smallest absolute Gasteiger partial charge is 0.342 e. The summed E-state index contributed by atoms with van der Waals surface area (Å²) >= 11 is 0. The third-order valence-electron chi connectivity index (χ3n) is 1.56. The van der Waals surface area contributed by atoms with E-state index in [0.29, 0.717) is 11.9 Å². The van der Waals surface area contributed by atoms with Crippen LogP contribution in [-0.4, -0.2) is 27.0 Å². The molecule has 0 atom stereocenters. The second kappa shape index (κ2) is 5.45. The molecule has 0 amide bonds. The minimum atomic E-state index is 0.0845. The van der Waals surface area contributed by atoms with Gasteiger partial charge in [0.25, 0.3) is 0 Å². The maximum absolute atomic E-state index is 5.04. The molecule has 4 N–H and O–H groups in total. The minimum Gasteiger partial charge on any atom is -0.371 e. The van der Waals surface area contributed by atoms with Crippen molar-refractivity contribution < 1.29 is 4.84 Å². The molecular formula is C9H18N6O. The number of aromatic nitrogens is 3. The van der Waals surface area contributed by atoms with Gasteiger partial charge in [-0.2, -0.15) is 20.8 Å². The molecule has 0 bridgehead atoms. The monoisotopic (exact) mass is 226 g/mol. The second-order valence-electron chi connectivity index (χ2n) is 3.98. The average Bonchev–Trinajstić information content (AvgIpc) is 2.14. The number of rotatable bonds is 5. The van der Waals surface area contributed by atoms with Crippen molar-refractivity contribution in [2.24, 2.45) is 5.90 Å². The first kappa shape index (κ1) is 12.4. The van der Waals surface area contributed by atoms with Gasteiger partial charge >= 0.3 is 6.01 Å². The van der Waals surface area contributed by atoms with Gasteiger partial charge in [0.15, 0.2) is 0 Å². The van der Waals surface area contributed by atoms with Crippen LogP contribution >= 0.6 is 0 Å². The molecule has 0 aliphatic heterocycles. The summed E-state index contributed by atoms with van der Waals surface area (Å²) < 4.78 is 0. The lowest BCUT2D eigenvalue weighted by Gasteiger charge is -2.12. The Labute approximate surface area is 94.8 Å². The summed E-state index contributed by atoms with van der Waals surface area (Å²) in [5, 5.41) is 6.11. The van der Waals surface area contributed by atoms with Crippen molar-refractivity contribution >= 4 is 11.9 Å². The van der Waals surface area contributed by atoms with Gasteiger partial charge in [0.05, 0.1) is 0 Å². The molecule has 0 radical (unpaired) electrons. The minimum absolute atomic E-state index is 0.0845. The van der Waals surface area contributed by atoms with Crippen molar-refractivity contribution in [2.75, 3.05) is 10.6 Å². The fourth-order valence-electron chi connectivity index (χ4n) is 1.05. The van der Waals surface area contributed by atoms with E-state index in [-0.39, 0.29) is 18.1 Å². The maximum Gasteiger partial charge on any atom is 0.342 e. The summed E-state index contributed by atoms with van der Waals surface area (Å²) in [6, 6.07) is 0.529. The van der Waals surface area contributed by atoms with E-state index in [1.807, 2.05) is 27.7 Å². The highest BCUT2D eigenvalue weighted by molar-refractivity contribution is 5.36. The van der Waals surface area contributed by atoms with Gasteiger partial charge in [-0.05, 0) is 27.7 Å². The van der Waals surface area contributed by atoms with Crippen molar-refractivity contribution in [1.29, 1.82) is 0 Å². The van der Waals surface area contributed by atoms with Crippen LogP contribution in [-0.2, 0) is 0 Å². The van der Waals surface area contributed by atoms with Crippen LogP contribution < -0.4 is 21.4 Å². The Bertz CT molecular complexity index is 313. The van der Waals surface area contributed by atoms with E-state index in [2.05, 4.69) is 30.4 Å². The van der Waals surface area contributed by atoms with Crippen LogP contribution in [0.15, 0.2) is 0 Å². The number of hydrogen-bond acceptors (Lipinski definition) is 7. The number of hydrogen-bond donors (Lipinski definition) is 3. The first-order chi connectivity index (χ1) is 7.51. The molecule has 0 spiro atoms. The molecule has 7 nitrogen and oxygen atoms in total. The third-order valence-corrected chi connectivity index (χ3v) is 1.56. The van der Waals surface area contributed by atoms with Gasteiger partial charge in [-0.1, -0.05) is 0 Å². The lowest BCUT2D eigenvalue weighted by atomic mass is 10.4. The highest BCUT2D eigenvalue weighted by Crippen LogP contribution is 2.11. The van der Waals surface area contributed by atoms with Gasteiger partial charge in [0, 0.05) is 12.1 Å². The van der Waals surface area contributed by atoms with Gasteiger partial charge in [-0.25, -0.2) is 0 Å². The van der Waals surface area contributed by atoms with Crippen LogP contribution in [0, 0.1) is 0 Å². The summed E-state index contributed by atoms with van der Waals surface area (Å²) in [5.41, 5.74) is 0. The number of nitrogens with one attached hydrogen (secondary N) is 2. The zero-order chi connectivity index (χ0) is 12.1. The molecule has 0 aliphatic rings. The number of nitrogens with zero attached hydrogens (tertiary/aromatic N) is 3. The van der Waals surface area contributed by atoms with E-state index in [4.69, 9.17) is 5.90 Å². The molecule has 7 heteroatoms. The quantitative estimate of drug-likeness (QED) is 0.638.